The van der Waals surface area contributed by atoms with Gasteiger partial charge in [-0.1, -0.05) is 43.7 Å². The Hall–Kier alpha value is -1.08. The zero-order valence-corrected chi connectivity index (χ0v) is 9.37. The van der Waals surface area contributed by atoms with E-state index in [2.05, 4.69) is 37.3 Å². The van der Waals surface area contributed by atoms with E-state index in [1.807, 2.05) is 0 Å². The van der Waals surface area contributed by atoms with E-state index in [1.165, 1.54) is 29.5 Å². The van der Waals surface area contributed by atoms with Crippen molar-refractivity contribution in [1.29, 1.82) is 0 Å². The van der Waals surface area contributed by atoms with E-state index in [1.54, 1.807) is 0 Å². The SMILES string of the molecule is CCCc1ccc(C2=CC(N)CC2)cc1. The molecule has 1 nitrogen and oxygen atoms in total. The predicted octanol–water partition coefficient (Wildman–Crippen LogP) is 3.14. The number of hydrogen-bond acceptors (Lipinski definition) is 1. The summed E-state index contributed by atoms with van der Waals surface area (Å²) >= 11 is 0. The van der Waals surface area contributed by atoms with Crippen molar-refractivity contribution in [2.45, 2.75) is 38.6 Å². The van der Waals surface area contributed by atoms with Gasteiger partial charge in [0.2, 0.25) is 0 Å². The molecule has 0 bridgehead atoms. The highest BCUT2D eigenvalue weighted by molar-refractivity contribution is 5.68. The molecule has 1 aromatic carbocycles. The fourth-order valence-electron chi connectivity index (χ4n) is 2.16. The number of allylic oxidation sites excluding steroid dienone is 1. The van der Waals surface area contributed by atoms with Crippen molar-refractivity contribution in [2.24, 2.45) is 5.73 Å². The molecule has 0 spiro atoms. The third-order valence-corrected chi connectivity index (χ3v) is 3.03. The first kappa shape index (κ1) is 10.4. The van der Waals surface area contributed by atoms with Gasteiger partial charge in [-0.25, -0.2) is 0 Å². The summed E-state index contributed by atoms with van der Waals surface area (Å²) in [5, 5.41) is 0. The first-order valence-corrected chi connectivity index (χ1v) is 5.85. The Labute approximate surface area is 92.0 Å². The van der Waals surface area contributed by atoms with Crippen LogP contribution >= 0.6 is 0 Å². The summed E-state index contributed by atoms with van der Waals surface area (Å²) in [4.78, 5) is 0. The molecule has 1 aromatic rings. The summed E-state index contributed by atoms with van der Waals surface area (Å²) in [5.41, 5.74) is 10.1. The van der Waals surface area contributed by atoms with Crippen LogP contribution in [0.15, 0.2) is 30.3 Å². The van der Waals surface area contributed by atoms with Crippen LogP contribution in [0.1, 0.15) is 37.3 Å². The van der Waals surface area contributed by atoms with Gasteiger partial charge in [-0.15, -0.1) is 0 Å². The lowest BCUT2D eigenvalue weighted by molar-refractivity contribution is 0.782. The highest BCUT2D eigenvalue weighted by Crippen LogP contribution is 2.27. The molecule has 0 heterocycles. The third kappa shape index (κ3) is 2.48. The van der Waals surface area contributed by atoms with Crippen molar-refractivity contribution >= 4 is 5.57 Å². The fourth-order valence-corrected chi connectivity index (χ4v) is 2.16. The molecule has 0 fully saturated rings. The first-order chi connectivity index (χ1) is 7.29. The second-order valence-electron chi connectivity index (χ2n) is 4.34. The molecule has 1 aliphatic rings. The quantitative estimate of drug-likeness (QED) is 0.798. The van der Waals surface area contributed by atoms with Crippen LogP contribution in [0.5, 0.6) is 0 Å². The summed E-state index contributed by atoms with van der Waals surface area (Å²) < 4.78 is 0. The Morgan fingerprint density at radius 3 is 2.53 bits per heavy atom. The van der Waals surface area contributed by atoms with E-state index < -0.39 is 0 Å². The minimum atomic E-state index is 0.273. The number of nitrogens with two attached hydrogens (primary N) is 1. The minimum absolute atomic E-state index is 0.273. The average Bonchev–Trinajstić information content (AvgIpc) is 2.67. The zero-order valence-electron chi connectivity index (χ0n) is 9.37. The standard InChI is InChI=1S/C14H19N/c1-2-3-11-4-6-12(7-5-11)13-8-9-14(15)10-13/h4-7,10,14H,2-3,8-9,15H2,1H3. The van der Waals surface area contributed by atoms with Crippen LogP contribution in [0.4, 0.5) is 0 Å². The summed E-state index contributed by atoms with van der Waals surface area (Å²) in [5.74, 6) is 0. The number of hydrogen-bond donors (Lipinski definition) is 1. The zero-order chi connectivity index (χ0) is 10.7. The fraction of sp³-hybridized carbons (Fsp3) is 0.429. The molecule has 1 aliphatic carbocycles. The van der Waals surface area contributed by atoms with E-state index in [-0.39, 0.29) is 6.04 Å². The van der Waals surface area contributed by atoms with Gasteiger partial charge in [0.1, 0.15) is 0 Å². The normalized spacial score (nSPS) is 20.4. The van der Waals surface area contributed by atoms with E-state index in [9.17, 15) is 0 Å². The molecule has 0 saturated heterocycles. The Bertz CT molecular complexity index is 348. The number of aryl methyl sites for hydroxylation is 1. The van der Waals surface area contributed by atoms with Crippen molar-refractivity contribution in [3.05, 3.63) is 41.5 Å². The maximum atomic E-state index is 5.86. The molecule has 0 aliphatic heterocycles. The molecule has 1 unspecified atom stereocenters. The van der Waals surface area contributed by atoms with Gasteiger partial charge in [0, 0.05) is 6.04 Å². The number of rotatable bonds is 3. The summed E-state index contributed by atoms with van der Waals surface area (Å²) in [6.07, 6.45) is 6.83. The highest BCUT2D eigenvalue weighted by atomic mass is 14.6. The van der Waals surface area contributed by atoms with Crippen molar-refractivity contribution < 1.29 is 0 Å². The molecular formula is C14H19N. The van der Waals surface area contributed by atoms with Gasteiger partial charge in [0.05, 0.1) is 0 Å². The van der Waals surface area contributed by atoms with Gasteiger partial charge in [0.15, 0.2) is 0 Å². The molecule has 0 radical (unpaired) electrons. The van der Waals surface area contributed by atoms with E-state index in [0.29, 0.717) is 0 Å². The van der Waals surface area contributed by atoms with Gasteiger partial charge in [0.25, 0.3) is 0 Å². The van der Waals surface area contributed by atoms with Crippen LogP contribution in [0.2, 0.25) is 0 Å². The Balaban J connectivity index is 2.13. The molecule has 80 valence electrons. The Morgan fingerprint density at radius 2 is 2.00 bits per heavy atom. The first-order valence-electron chi connectivity index (χ1n) is 5.85. The van der Waals surface area contributed by atoms with Gasteiger partial charge in [-0.2, -0.15) is 0 Å². The molecule has 2 rings (SSSR count). The molecule has 2 N–H and O–H groups in total. The van der Waals surface area contributed by atoms with Crippen molar-refractivity contribution in [1.82, 2.24) is 0 Å². The highest BCUT2D eigenvalue weighted by Gasteiger charge is 2.12. The van der Waals surface area contributed by atoms with Crippen LogP contribution in [-0.4, -0.2) is 6.04 Å². The molecule has 15 heavy (non-hydrogen) atoms. The van der Waals surface area contributed by atoms with Crippen LogP contribution in [0, 0.1) is 0 Å². The Kier molecular flexibility index (Phi) is 3.22. The maximum absolute atomic E-state index is 5.86. The summed E-state index contributed by atoms with van der Waals surface area (Å²) in [6, 6.07) is 9.21. The van der Waals surface area contributed by atoms with E-state index in [4.69, 9.17) is 5.73 Å². The second-order valence-corrected chi connectivity index (χ2v) is 4.34. The van der Waals surface area contributed by atoms with Crippen LogP contribution in [0.25, 0.3) is 5.57 Å². The molecular weight excluding hydrogens is 182 g/mol. The monoisotopic (exact) mass is 201 g/mol. The molecule has 1 heteroatoms. The molecule has 0 amide bonds. The van der Waals surface area contributed by atoms with Crippen molar-refractivity contribution in [2.75, 3.05) is 0 Å². The Morgan fingerprint density at radius 1 is 1.27 bits per heavy atom. The maximum Gasteiger partial charge on any atom is 0.0232 e. The minimum Gasteiger partial charge on any atom is -0.324 e. The summed E-state index contributed by atoms with van der Waals surface area (Å²) in [7, 11) is 0. The van der Waals surface area contributed by atoms with Gasteiger partial charge in [-0.3, -0.25) is 0 Å². The lowest BCUT2D eigenvalue weighted by Crippen LogP contribution is -2.11. The van der Waals surface area contributed by atoms with E-state index in [0.717, 1.165) is 12.8 Å². The van der Waals surface area contributed by atoms with Crippen molar-refractivity contribution in [3.8, 4) is 0 Å². The second kappa shape index (κ2) is 4.63. The summed E-state index contributed by atoms with van der Waals surface area (Å²) in [6.45, 7) is 2.21. The molecule has 0 saturated carbocycles. The van der Waals surface area contributed by atoms with Crippen LogP contribution < -0.4 is 5.73 Å². The smallest absolute Gasteiger partial charge is 0.0232 e. The van der Waals surface area contributed by atoms with Crippen LogP contribution in [0.3, 0.4) is 0 Å². The topological polar surface area (TPSA) is 26.0 Å². The predicted molar refractivity (Wildman–Crippen MR) is 65.6 cm³/mol. The number of benzene rings is 1. The third-order valence-electron chi connectivity index (χ3n) is 3.03. The molecule has 1 atom stereocenters. The van der Waals surface area contributed by atoms with E-state index >= 15 is 0 Å². The average molecular weight is 201 g/mol. The molecule has 0 aromatic heterocycles. The van der Waals surface area contributed by atoms with Gasteiger partial charge in [-0.05, 0) is 36.0 Å². The largest absolute Gasteiger partial charge is 0.324 e. The van der Waals surface area contributed by atoms with Crippen molar-refractivity contribution in [3.63, 3.8) is 0 Å². The lowest BCUT2D eigenvalue weighted by atomic mass is 10.0. The van der Waals surface area contributed by atoms with Gasteiger partial charge >= 0.3 is 0 Å². The van der Waals surface area contributed by atoms with Gasteiger partial charge < -0.3 is 5.73 Å². The van der Waals surface area contributed by atoms with Crippen LogP contribution in [-0.2, 0) is 6.42 Å². The lowest BCUT2D eigenvalue weighted by Gasteiger charge is -2.03.